The molecule has 2 fully saturated rings. The predicted molar refractivity (Wildman–Crippen MR) is 87.2 cm³/mol. The highest BCUT2D eigenvalue weighted by Gasteiger charge is 2.60. The minimum atomic E-state index is -0.330. The van der Waals surface area contributed by atoms with Crippen molar-refractivity contribution >= 4 is 16.7 Å². The van der Waals surface area contributed by atoms with Gasteiger partial charge in [0.1, 0.15) is 6.10 Å². The first-order valence-corrected chi connectivity index (χ1v) is 8.25. The minimum Gasteiger partial charge on any atom is -0.457 e. The molecule has 1 aromatic heterocycles. The lowest BCUT2D eigenvalue weighted by atomic mass is 9.57. The van der Waals surface area contributed by atoms with Crippen molar-refractivity contribution in [2.24, 2.45) is 11.3 Å². The maximum absolute atomic E-state index is 12.7. The maximum atomic E-state index is 12.7. The Bertz CT molecular complexity index is 750. The first kappa shape index (κ1) is 14.6. The van der Waals surface area contributed by atoms with Gasteiger partial charge in [-0.3, -0.25) is 0 Å². The SMILES string of the molecule is CC1(C)C2OCCCC2C1OC(=O)c1nccc2ccccc12. The van der Waals surface area contributed by atoms with Crippen LogP contribution in [0.4, 0.5) is 0 Å². The number of hydrogen-bond donors (Lipinski definition) is 0. The Balaban J connectivity index is 1.60. The molecule has 4 heteroatoms. The molecule has 0 spiro atoms. The number of fused-ring (bicyclic) bond motifs is 2. The Morgan fingerprint density at radius 2 is 2.13 bits per heavy atom. The molecule has 0 radical (unpaired) electrons. The van der Waals surface area contributed by atoms with Crippen LogP contribution in [0.15, 0.2) is 36.5 Å². The number of benzene rings is 1. The molecule has 3 unspecified atom stereocenters. The average molecular weight is 311 g/mol. The van der Waals surface area contributed by atoms with Crippen LogP contribution < -0.4 is 0 Å². The van der Waals surface area contributed by atoms with Gasteiger partial charge < -0.3 is 9.47 Å². The number of rotatable bonds is 2. The number of carbonyl (C=O) groups is 1. The second-order valence-electron chi connectivity index (χ2n) is 7.13. The summed E-state index contributed by atoms with van der Waals surface area (Å²) < 4.78 is 11.8. The molecule has 0 bridgehead atoms. The molecule has 120 valence electrons. The Kier molecular flexibility index (Phi) is 3.38. The monoisotopic (exact) mass is 311 g/mol. The average Bonchev–Trinajstić information content (AvgIpc) is 2.59. The van der Waals surface area contributed by atoms with Crippen LogP contribution in [0.2, 0.25) is 0 Å². The third kappa shape index (κ3) is 2.24. The zero-order valence-corrected chi connectivity index (χ0v) is 13.5. The summed E-state index contributed by atoms with van der Waals surface area (Å²) in [5, 5.41) is 1.84. The molecular formula is C19H21NO3. The quantitative estimate of drug-likeness (QED) is 0.795. The summed E-state index contributed by atoms with van der Waals surface area (Å²) in [6.07, 6.45) is 3.88. The van der Waals surface area contributed by atoms with Crippen molar-refractivity contribution in [3.05, 3.63) is 42.2 Å². The van der Waals surface area contributed by atoms with E-state index in [4.69, 9.17) is 9.47 Å². The van der Waals surface area contributed by atoms with Crippen molar-refractivity contribution in [3.63, 3.8) is 0 Å². The molecule has 1 aliphatic heterocycles. The number of esters is 1. The summed E-state index contributed by atoms with van der Waals surface area (Å²) in [6, 6.07) is 9.67. The van der Waals surface area contributed by atoms with Gasteiger partial charge in [0.15, 0.2) is 5.69 Å². The van der Waals surface area contributed by atoms with Gasteiger partial charge in [0, 0.05) is 29.5 Å². The standard InChI is InChI=1S/C19H21NO3/c1-19(2)16-14(8-5-11-22-16)17(19)23-18(21)15-13-7-4-3-6-12(13)9-10-20-15/h3-4,6-7,9-10,14,16-17H,5,8,11H2,1-2H3. The highest BCUT2D eigenvalue weighted by molar-refractivity contribution is 6.02. The van der Waals surface area contributed by atoms with Crippen LogP contribution in [-0.4, -0.2) is 29.8 Å². The molecule has 3 atom stereocenters. The normalized spacial score (nSPS) is 28.7. The molecule has 1 saturated heterocycles. The number of ether oxygens (including phenoxy) is 2. The van der Waals surface area contributed by atoms with Gasteiger partial charge in [0.2, 0.25) is 0 Å². The Morgan fingerprint density at radius 3 is 3.00 bits per heavy atom. The fourth-order valence-corrected chi connectivity index (χ4v) is 4.17. The van der Waals surface area contributed by atoms with Gasteiger partial charge in [-0.25, -0.2) is 9.78 Å². The molecular weight excluding hydrogens is 290 g/mol. The van der Waals surface area contributed by atoms with Gasteiger partial charge in [-0.15, -0.1) is 0 Å². The van der Waals surface area contributed by atoms with Crippen molar-refractivity contribution in [3.8, 4) is 0 Å². The zero-order valence-electron chi connectivity index (χ0n) is 13.5. The lowest BCUT2D eigenvalue weighted by Gasteiger charge is -2.58. The van der Waals surface area contributed by atoms with E-state index < -0.39 is 0 Å². The second-order valence-corrected chi connectivity index (χ2v) is 7.13. The van der Waals surface area contributed by atoms with E-state index in [0.717, 1.165) is 30.2 Å². The summed E-state index contributed by atoms with van der Waals surface area (Å²) in [6.45, 7) is 5.05. The van der Waals surface area contributed by atoms with Crippen LogP contribution in [0.3, 0.4) is 0 Å². The maximum Gasteiger partial charge on any atom is 0.357 e. The van der Waals surface area contributed by atoms with E-state index in [1.54, 1.807) is 6.20 Å². The molecule has 4 rings (SSSR count). The van der Waals surface area contributed by atoms with E-state index in [9.17, 15) is 4.79 Å². The summed E-state index contributed by atoms with van der Waals surface area (Å²) in [5.41, 5.74) is 0.268. The largest absolute Gasteiger partial charge is 0.457 e. The smallest absolute Gasteiger partial charge is 0.357 e. The van der Waals surface area contributed by atoms with Gasteiger partial charge >= 0.3 is 5.97 Å². The number of carbonyl (C=O) groups excluding carboxylic acids is 1. The van der Waals surface area contributed by atoms with Gasteiger partial charge in [-0.05, 0) is 24.3 Å². The summed E-state index contributed by atoms with van der Waals surface area (Å²) in [4.78, 5) is 17.0. The zero-order chi connectivity index (χ0) is 16.0. The van der Waals surface area contributed by atoms with Crippen molar-refractivity contribution in [1.82, 2.24) is 4.98 Å². The van der Waals surface area contributed by atoms with Gasteiger partial charge in [0.05, 0.1) is 6.10 Å². The fourth-order valence-electron chi connectivity index (χ4n) is 4.17. The topological polar surface area (TPSA) is 48.4 Å². The van der Waals surface area contributed by atoms with E-state index >= 15 is 0 Å². The minimum absolute atomic E-state index is 0.0962. The van der Waals surface area contributed by atoms with E-state index in [0.29, 0.717) is 11.6 Å². The van der Waals surface area contributed by atoms with Gasteiger partial charge in [-0.1, -0.05) is 38.1 Å². The van der Waals surface area contributed by atoms with Gasteiger partial charge in [-0.2, -0.15) is 0 Å². The summed E-state index contributed by atoms with van der Waals surface area (Å²) in [5.74, 6) is -0.0124. The molecule has 4 nitrogen and oxygen atoms in total. The van der Waals surface area contributed by atoms with Crippen LogP contribution in [0.5, 0.6) is 0 Å². The van der Waals surface area contributed by atoms with Gasteiger partial charge in [0.25, 0.3) is 0 Å². The molecule has 2 aliphatic rings. The second kappa shape index (κ2) is 5.31. The Hall–Kier alpha value is -1.94. The van der Waals surface area contributed by atoms with Crippen molar-refractivity contribution in [1.29, 1.82) is 0 Å². The third-order valence-corrected chi connectivity index (χ3v) is 5.32. The van der Waals surface area contributed by atoms with E-state index in [2.05, 4.69) is 18.8 Å². The van der Waals surface area contributed by atoms with Crippen molar-refractivity contribution in [2.75, 3.05) is 6.61 Å². The highest BCUT2D eigenvalue weighted by Crippen LogP contribution is 2.53. The molecule has 2 heterocycles. The Labute approximate surface area is 135 Å². The van der Waals surface area contributed by atoms with Crippen molar-refractivity contribution < 1.29 is 14.3 Å². The van der Waals surface area contributed by atoms with E-state index in [-0.39, 0.29) is 23.6 Å². The number of nitrogens with zero attached hydrogens (tertiary/aromatic N) is 1. The molecule has 1 aromatic carbocycles. The fraction of sp³-hybridized carbons (Fsp3) is 0.474. The van der Waals surface area contributed by atoms with Crippen LogP contribution in [0, 0.1) is 11.3 Å². The lowest BCUT2D eigenvalue weighted by molar-refractivity contribution is -0.243. The molecule has 0 N–H and O–H groups in total. The predicted octanol–water partition coefficient (Wildman–Crippen LogP) is 3.60. The number of hydrogen-bond acceptors (Lipinski definition) is 4. The lowest BCUT2D eigenvalue weighted by Crippen LogP contribution is -2.65. The number of aromatic nitrogens is 1. The molecule has 1 aliphatic carbocycles. The van der Waals surface area contributed by atoms with Crippen molar-refractivity contribution in [2.45, 2.75) is 38.9 Å². The van der Waals surface area contributed by atoms with E-state index in [1.165, 1.54) is 0 Å². The van der Waals surface area contributed by atoms with Crippen LogP contribution in [0.25, 0.3) is 10.8 Å². The van der Waals surface area contributed by atoms with Crippen LogP contribution in [-0.2, 0) is 9.47 Å². The van der Waals surface area contributed by atoms with E-state index in [1.807, 2.05) is 30.3 Å². The first-order chi connectivity index (χ1) is 11.1. The Morgan fingerprint density at radius 1 is 1.30 bits per heavy atom. The number of pyridine rings is 1. The third-order valence-electron chi connectivity index (χ3n) is 5.32. The van der Waals surface area contributed by atoms with Crippen LogP contribution >= 0.6 is 0 Å². The molecule has 0 amide bonds. The van der Waals surface area contributed by atoms with Crippen LogP contribution in [0.1, 0.15) is 37.2 Å². The first-order valence-electron chi connectivity index (χ1n) is 8.25. The highest BCUT2D eigenvalue weighted by atomic mass is 16.6. The molecule has 1 saturated carbocycles. The summed E-state index contributed by atoms with van der Waals surface area (Å²) >= 11 is 0. The summed E-state index contributed by atoms with van der Waals surface area (Å²) in [7, 11) is 0. The molecule has 2 aromatic rings. The molecule has 23 heavy (non-hydrogen) atoms.